The van der Waals surface area contributed by atoms with E-state index in [-0.39, 0.29) is 59.5 Å². The summed E-state index contributed by atoms with van der Waals surface area (Å²) in [5, 5.41) is 20.4. The van der Waals surface area contributed by atoms with E-state index in [1.54, 1.807) is 62.4 Å². The number of carbonyl (C=O) groups excluding carboxylic acids is 3. The molecule has 4 atom stereocenters. The average molecular weight is 615 g/mol. The van der Waals surface area contributed by atoms with Crippen LogP contribution in [-0.4, -0.2) is 74.4 Å². The fourth-order valence-corrected chi connectivity index (χ4v) is 4.77. The number of fused-ring (bicyclic) bond motifs is 1. The number of carbonyl (C=O) groups is 3. The van der Waals surface area contributed by atoms with Crippen molar-refractivity contribution in [2.75, 3.05) is 18.1 Å². The summed E-state index contributed by atoms with van der Waals surface area (Å²) >= 11 is 0. The summed E-state index contributed by atoms with van der Waals surface area (Å²) in [5.41, 5.74) is -0.341. The lowest BCUT2D eigenvalue weighted by Gasteiger charge is -2.38. The van der Waals surface area contributed by atoms with Crippen LogP contribution in [0.1, 0.15) is 52.9 Å². The number of hydrogen-bond donors (Lipinski definition) is 3. The topological polar surface area (TPSA) is 201 Å². The van der Waals surface area contributed by atoms with Crippen molar-refractivity contribution >= 4 is 35.0 Å². The molecule has 2 aromatic heterocycles. The molecule has 3 heterocycles. The van der Waals surface area contributed by atoms with Crippen LogP contribution >= 0.6 is 0 Å². The smallest absolute Gasteiger partial charge is 0.338 e. The number of rotatable bonds is 9. The molecule has 0 aliphatic carbocycles. The first-order valence-corrected chi connectivity index (χ1v) is 14.2. The molecular formula is C31H30N6O8. The van der Waals surface area contributed by atoms with Crippen LogP contribution in [0.3, 0.4) is 0 Å². The summed E-state index contributed by atoms with van der Waals surface area (Å²) < 4.78 is 17.2. The molecule has 1 unspecified atom stereocenters. The first-order valence-electron chi connectivity index (χ1n) is 14.2. The van der Waals surface area contributed by atoms with Gasteiger partial charge >= 0.3 is 11.9 Å². The van der Waals surface area contributed by atoms with E-state index in [4.69, 9.17) is 19.5 Å². The second-order valence-electron chi connectivity index (χ2n) is 10.6. The highest BCUT2D eigenvalue weighted by molar-refractivity contribution is 5.93. The Labute approximate surface area is 256 Å². The van der Waals surface area contributed by atoms with Crippen LogP contribution in [-0.2, 0) is 19.0 Å². The number of hydrogen-bond acceptors (Lipinski definition) is 11. The van der Waals surface area contributed by atoms with E-state index in [2.05, 4.69) is 19.9 Å². The first-order chi connectivity index (χ1) is 21.7. The fourth-order valence-electron chi connectivity index (χ4n) is 4.77. The number of aromatic nitrogens is 4. The Morgan fingerprint density at radius 2 is 1.64 bits per heavy atom. The van der Waals surface area contributed by atoms with Crippen molar-refractivity contribution in [3.8, 4) is 6.07 Å². The molecular weight excluding hydrogens is 584 g/mol. The second-order valence-corrected chi connectivity index (χ2v) is 10.6. The summed E-state index contributed by atoms with van der Waals surface area (Å²) in [6.07, 6.45) is -5.43. The summed E-state index contributed by atoms with van der Waals surface area (Å²) in [6, 6.07) is 18.2. The van der Waals surface area contributed by atoms with Crippen molar-refractivity contribution in [2.24, 2.45) is 5.92 Å². The van der Waals surface area contributed by atoms with E-state index in [9.17, 15) is 24.3 Å². The Morgan fingerprint density at radius 3 is 2.24 bits per heavy atom. The molecule has 2 aromatic carbocycles. The highest BCUT2D eigenvalue weighted by Gasteiger charge is 2.46. The van der Waals surface area contributed by atoms with Crippen molar-refractivity contribution in [1.29, 1.82) is 5.26 Å². The van der Waals surface area contributed by atoms with Gasteiger partial charge in [0, 0.05) is 12.5 Å². The van der Waals surface area contributed by atoms with Gasteiger partial charge < -0.3 is 24.3 Å². The van der Waals surface area contributed by atoms with Crippen LogP contribution in [0.15, 0.2) is 65.5 Å². The number of anilines is 1. The average Bonchev–Trinajstić information content (AvgIpc) is 3.48. The Kier molecular flexibility index (Phi) is 9.31. The van der Waals surface area contributed by atoms with Crippen molar-refractivity contribution in [3.63, 3.8) is 0 Å². The Balaban J connectivity index is 1.48. The number of esters is 2. The molecule has 0 saturated carbocycles. The number of aliphatic hydroxyl groups is 1. The van der Waals surface area contributed by atoms with Gasteiger partial charge in [-0.15, -0.1) is 0 Å². The lowest BCUT2D eigenvalue weighted by Crippen LogP contribution is -2.53. The number of aliphatic hydroxyl groups excluding tert-OH is 1. The number of nitrogens with one attached hydrogen (secondary N) is 2. The van der Waals surface area contributed by atoms with Crippen molar-refractivity contribution < 1.29 is 33.7 Å². The van der Waals surface area contributed by atoms with Crippen molar-refractivity contribution in [2.45, 2.75) is 44.7 Å². The van der Waals surface area contributed by atoms with Gasteiger partial charge in [-0.05, 0) is 24.3 Å². The Bertz CT molecular complexity index is 1780. The monoisotopic (exact) mass is 614 g/mol. The number of imidazole rings is 1. The lowest BCUT2D eigenvalue weighted by molar-refractivity contribution is -0.192. The van der Waals surface area contributed by atoms with E-state index < -0.39 is 47.8 Å². The molecule has 0 bridgehead atoms. The fraction of sp³-hybridized carbons (Fsp3) is 0.323. The molecule has 1 aliphatic rings. The summed E-state index contributed by atoms with van der Waals surface area (Å²) in [6.45, 7) is 3.06. The lowest BCUT2D eigenvalue weighted by atomic mass is 9.98. The van der Waals surface area contributed by atoms with E-state index in [0.717, 1.165) is 0 Å². The van der Waals surface area contributed by atoms with Gasteiger partial charge in [0.25, 0.3) is 5.56 Å². The molecule has 0 spiro atoms. The molecule has 3 N–H and O–H groups in total. The zero-order valence-electron chi connectivity index (χ0n) is 24.4. The normalized spacial score (nSPS) is 19.5. The standard InChI is InChI=1S/C31H30N6O8/c1-17(2)28(40)37(15-9-14-32)31-35-25-21(27(39)36-31)33-26(34-25)24-23(45-30(42)19-12-7-4-8-13-19)22(38)20(16-43-24)44-29(41)18-10-5-3-6-11-18/h3-8,10-13,17,20,22-24,38H,9,15-16H2,1-2H3,(H2,33,34,35,36,39)/t20-,22-,23-,24?/m1/s1. The molecule has 232 valence electrons. The highest BCUT2D eigenvalue weighted by atomic mass is 16.6. The minimum Gasteiger partial charge on any atom is -0.453 e. The van der Waals surface area contributed by atoms with Crippen LogP contribution in [0.25, 0.3) is 11.2 Å². The van der Waals surface area contributed by atoms with Gasteiger partial charge in [-0.2, -0.15) is 10.2 Å². The van der Waals surface area contributed by atoms with Gasteiger partial charge in [0.2, 0.25) is 11.9 Å². The number of H-pyrrole nitrogens is 2. The number of nitrogens with zero attached hydrogens (tertiary/aromatic N) is 4. The van der Waals surface area contributed by atoms with E-state index >= 15 is 0 Å². The SMILES string of the molecule is CC(C)C(=O)N(CCC#N)c1nc2nc(C3OC[C@@H](OC(=O)c4ccccc4)[C@@H](O)[C@H]3OC(=O)c3ccccc3)[nH]c2c(=O)[nH]1. The summed E-state index contributed by atoms with van der Waals surface area (Å²) in [5.74, 6) is -2.38. The molecule has 1 fully saturated rings. The molecule has 14 nitrogen and oxygen atoms in total. The third kappa shape index (κ3) is 6.74. The van der Waals surface area contributed by atoms with E-state index in [1.807, 2.05) is 6.07 Å². The number of aromatic amines is 2. The molecule has 14 heteroatoms. The van der Waals surface area contributed by atoms with Crippen LogP contribution in [0, 0.1) is 17.2 Å². The van der Waals surface area contributed by atoms with Crippen molar-refractivity contribution in [3.05, 3.63) is 88.0 Å². The highest BCUT2D eigenvalue weighted by Crippen LogP contribution is 2.33. The molecule has 45 heavy (non-hydrogen) atoms. The van der Waals surface area contributed by atoms with Gasteiger partial charge in [0.15, 0.2) is 29.5 Å². The zero-order valence-corrected chi connectivity index (χ0v) is 24.4. The predicted molar refractivity (Wildman–Crippen MR) is 158 cm³/mol. The third-order valence-electron chi connectivity index (χ3n) is 7.08. The van der Waals surface area contributed by atoms with Crippen LogP contribution < -0.4 is 10.5 Å². The summed E-state index contributed by atoms with van der Waals surface area (Å²) in [4.78, 5) is 67.1. The number of amides is 1. The van der Waals surface area contributed by atoms with Gasteiger partial charge in [0.1, 0.15) is 11.9 Å². The Hall–Kier alpha value is -5.39. The maximum Gasteiger partial charge on any atom is 0.338 e. The molecule has 1 amide bonds. The van der Waals surface area contributed by atoms with E-state index in [0.29, 0.717) is 0 Å². The second kappa shape index (κ2) is 13.5. The number of nitriles is 1. The zero-order chi connectivity index (χ0) is 32.1. The van der Waals surface area contributed by atoms with Crippen LogP contribution in [0.5, 0.6) is 0 Å². The first kappa shape index (κ1) is 31.0. The molecule has 1 aliphatic heterocycles. The third-order valence-corrected chi connectivity index (χ3v) is 7.08. The van der Waals surface area contributed by atoms with Crippen LogP contribution in [0.4, 0.5) is 5.95 Å². The number of benzene rings is 2. The van der Waals surface area contributed by atoms with Gasteiger partial charge in [-0.1, -0.05) is 50.2 Å². The van der Waals surface area contributed by atoms with Gasteiger partial charge in [-0.3, -0.25) is 19.5 Å². The van der Waals surface area contributed by atoms with Gasteiger partial charge in [0.05, 0.1) is 30.2 Å². The number of ether oxygens (including phenoxy) is 3. The minimum atomic E-state index is -1.55. The van der Waals surface area contributed by atoms with Crippen molar-refractivity contribution in [1.82, 2.24) is 19.9 Å². The molecule has 0 radical (unpaired) electrons. The van der Waals surface area contributed by atoms with Crippen LogP contribution in [0.2, 0.25) is 0 Å². The maximum atomic E-state index is 13.1. The molecule has 1 saturated heterocycles. The van der Waals surface area contributed by atoms with E-state index in [1.165, 1.54) is 17.0 Å². The molecule has 4 aromatic rings. The largest absolute Gasteiger partial charge is 0.453 e. The molecule has 5 rings (SSSR count). The minimum absolute atomic E-state index is 0.00221. The maximum absolute atomic E-state index is 13.1. The predicted octanol–water partition coefficient (Wildman–Crippen LogP) is 2.43. The van der Waals surface area contributed by atoms with Gasteiger partial charge in [-0.25, -0.2) is 14.6 Å². The quantitative estimate of drug-likeness (QED) is 0.234. The Morgan fingerprint density at radius 1 is 1.02 bits per heavy atom. The summed E-state index contributed by atoms with van der Waals surface area (Å²) in [7, 11) is 0.